The summed E-state index contributed by atoms with van der Waals surface area (Å²) in [5, 5.41) is 3.75. The zero-order valence-corrected chi connectivity index (χ0v) is 14.0. The van der Waals surface area contributed by atoms with Gasteiger partial charge in [-0.3, -0.25) is 0 Å². The Hall–Kier alpha value is -1.74. The Morgan fingerprint density at radius 3 is 2.91 bits per heavy atom. The summed E-state index contributed by atoms with van der Waals surface area (Å²) in [6, 6.07) is 15.3. The van der Waals surface area contributed by atoms with Gasteiger partial charge in [0.15, 0.2) is 0 Å². The van der Waals surface area contributed by atoms with Crippen LogP contribution in [0.3, 0.4) is 0 Å². The van der Waals surface area contributed by atoms with Crippen LogP contribution >= 0.6 is 15.9 Å². The molecule has 0 aromatic heterocycles. The standard InChI is InChI=1S/C19H18BrNO/c1-22-14-8-9-18-17(11-14)15-6-3-7-16(15)19(21-18)12-4-2-5-13(20)10-12/h2-6,8-11,15-16,19,21H,7H2,1H3/t15?,16?,19-/m1/s1. The molecule has 0 spiro atoms. The SMILES string of the molecule is COc1ccc2c(c1)C1C=CCC1[C@@H](c1cccc(Br)c1)N2. The van der Waals surface area contributed by atoms with E-state index >= 15 is 0 Å². The lowest BCUT2D eigenvalue weighted by molar-refractivity contribution is 0.405. The number of hydrogen-bond acceptors (Lipinski definition) is 2. The lowest BCUT2D eigenvalue weighted by Crippen LogP contribution is -2.29. The third-order valence-electron chi connectivity index (χ3n) is 4.78. The van der Waals surface area contributed by atoms with Gasteiger partial charge in [-0.05, 0) is 53.8 Å². The van der Waals surface area contributed by atoms with Crippen molar-refractivity contribution in [3.05, 3.63) is 70.2 Å². The van der Waals surface area contributed by atoms with Crippen molar-refractivity contribution in [1.29, 1.82) is 0 Å². The molecule has 0 saturated heterocycles. The summed E-state index contributed by atoms with van der Waals surface area (Å²) >= 11 is 3.59. The second-order valence-corrected chi connectivity index (χ2v) is 6.90. The van der Waals surface area contributed by atoms with Gasteiger partial charge in [0.1, 0.15) is 5.75 Å². The van der Waals surface area contributed by atoms with Crippen LogP contribution in [0, 0.1) is 5.92 Å². The van der Waals surface area contributed by atoms with Crippen molar-refractivity contribution in [1.82, 2.24) is 0 Å². The maximum atomic E-state index is 5.40. The predicted molar refractivity (Wildman–Crippen MR) is 93.5 cm³/mol. The molecule has 2 aromatic rings. The average Bonchev–Trinajstić information content (AvgIpc) is 3.03. The molecule has 0 saturated carbocycles. The number of benzene rings is 2. The number of nitrogens with one attached hydrogen (secondary N) is 1. The Bertz CT molecular complexity index is 740. The van der Waals surface area contributed by atoms with E-state index in [9.17, 15) is 0 Å². The molecule has 3 atom stereocenters. The zero-order chi connectivity index (χ0) is 15.1. The number of rotatable bonds is 2. The van der Waals surface area contributed by atoms with Crippen molar-refractivity contribution in [2.24, 2.45) is 5.92 Å². The molecule has 0 radical (unpaired) electrons. The van der Waals surface area contributed by atoms with Gasteiger partial charge in [0.25, 0.3) is 0 Å². The van der Waals surface area contributed by atoms with Crippen LogP contribution in [0.4, 0.5) is 5.69 Å². The van der Waals surface area contributed by atoms with Crippen molar-refractivity contribution in [2.45, 2.75) is 18.4 Å². The second kappa shape index (κ2) is 5.47. The number of anilines is 1. The molecular formula is C19H18BrNO. The summed E-state index contributed by atoms with van der Waals surface area (Å²) < 4.78 is 6.53. The van der Waals surface area contributed by atoms with Gasteiger partial charge < -0.3 is 10.1 Å². The monoisotopic (exact) mass is 355 g/mol. The number of halogens is 1. The minimum absolute atomic E-state index is 0.346. The highest BCUT2D eigenvalue weighted by molar-refractivity contribution is 9.10. The molecule has 1 heterocycles. The van der Waals surface area contributed by atoms with Crippen molar-refractivity contribution < 1.29 is 4.74 Å². The zero-order valence-electron chi connectivity index (χ0n) is 12.4. The molecule has 2 aromatic carbocycles. The van der Waals surface area contributed by atoms with Crippen LogP contribution in [-0.4, -0.2) is 7.11 Å². The van der Waals surface area contributed by atoms with Crippen LogP contribution in [0.1, 0.15) is 29.5 Å². The van der Waals surface area contributed by atoms with E-state index in [4.69, 9.17) is 4.74 Å². The molecule has 4 rings (SSSR count). The van der Waals surface area contributed by atoms with Crippen LogP contribution in [0.15, 0.2) is 59.1 Å². The molecule has 1 aliphatic heterocycles. The van der Waals surface area contributed by atoms with E-state index in [-0.39, 0.29) is 0 Å². The van der Waals surface area contributed by atoms with Gasteiger partial charge in [-0.25, -0.2) is 0 Å². The van der Waals surface area contributed by atoms with Gasteiger partial charge in [0.2, 0.25) is 0 Å². The Kier molecular flexibility index (Phi) is 3.45. The third kappa shape index (κ3) is 2.24. The molecule has 2 aliphatic rings. The van der Waals surface area contributed by atoms with Crippen LogP contribution in [0.5, 0.6) is 5.75 Å². The van der Waals surface area contributed by atoms with E-state index < -0.39 is 0 Å². The number of fused-ring (bicyclic) bond motifs is 3. The van der Waals surface area contributed by atoms with Crippen LogP contribution in [-0.2, 0) is 0 Å². The highest BCUT2D eigenvalue weighted by Crippen LogP contribution is 2.50. The normalized spacial score (nSPS) is 25.3. The van der Waals surface area contributed by atoms with E-state index in [1.165, 1.54) is 16.8 Å². The summed E-state index contributed by atoms with van der Waals surface area (Å²) in [5.74, 6) is 1.96. The second-order valence-electron chi connectivity index (χ2n) is 5.98. The first-order chi connectivity index (χ1) is 10.8. The lowest BCUT2D eigenvalue weighted by atomic mass is 9.77. The summed E-state index contributed by atoms with van der Waals surface area (Å²) in [4.78, 5) is 0. The van der Waals surface area contributed by atoms with Gasteiger partial charge in [0, 0.05) is 16.1 Å². The Labute approximate surface area is 139 Å². The van der Waals surface area contributed by atoms with Gasteiger partial charge in [0.05, 0.1) is 13.2 Å². The molecular weight excluding hydrogens is 338 g/mol. The summed E-state index contributed by atoms with van der Waals surface area (Å²) in [6.07, 6.45) is 5.79. The summed E-state index contributed by atoms with van der Waals surface area (Å²) in [6.45, 7) is 0. The molecule has 0 fully saturated rings. The summed E-state index contributed by atoms with van der Waals surface area (Å²) in [7, 11) is 1.73. The highest BCUT2D eigenvalue weighted by Gasteiger charge is 2.37. The van der Waals surface area contributed by atoms with Gasteiger partial charge in [-0.2, -0.15) is 0 Å². The van der Waals surface area contributed by atoms with Crippen molar-refractivity contribution in [3.63, 3.8) is 0 Å². The van der Waals surface area contributed by atoms with Crippen molar-refractivity contribution in [3.8, 4) is 5.75 Å². The van der Waals surface area contributed by atoms with E-state index in [2.05, 4.69) is 69.8 Å². The Balaban J connectivity index is 1.78. The summed E-state index contributed by atoms with van der Waals surface area (Å²) in [5.41, 5.74) is 3.91. The highest BCUT2D eigenvalue weighted by atomic mass is 79.9. The minimum atomic E-state index is 0.346. The molecule has 2 nitrogen and oxygen atoms in total. The first kappa shape index (κ1) is 13.9. The first-order valence-corrected chi connectivity index (χ1v) is 8.42. The number of methoxy groups -OCH3 is 1. The largest absolute Gasteiger partial charge is 0.497 e. The lowest BCUT2D eigenvalue weighted by Gasteiger charge is -2.37. The van der Waals surface area contributed by atoms with Crippen molar-refractivity contribution >= 4 is 21.6 Å². The first-order valence-electron chi connectivity index (χ1n) is 7.63. The fourth-order valence-electron chi connectivity index (χ4n) is 3.73. The molecule has 0 bridgehead atoms. The van der Waals surface area contributed by atoms with Gasteiger partial charge in [-0.1, -0.05) is 40.2 Å². The molecule has 1 N–H and O–H groups in total. The Morgan fingerprint density at radius 1 is 1.18 bits per heavy atom. The van der Waals surface area contributed by atoms with Crippen molar-refractivity contribution in [2.75, 3.05) is 12.4 Å². The molecule has 1 aliphatic carbocycles. The number of ether oxygens (including phenoxy) is 1. The van der Waals surface area contributed by atoms with Crippen LogP contribution in [0.2, 0.25) is 0 Å². The predicted octanol–water partition coefficient (Wildman–Crippen LogP) is 5.28. The molecule has 22 heavy (non-hydrogen) atoms. The molecule has 112 valence electrons. The van der Waals surface area contributed by atoms with Gasteiger partial charge in [-0.15, -0.1) is 0 Å². The Morgan fingerprint density at radius 2 is 2.09 bits per heavy atom. The van der Waals surface area contributed by atoms with Crippen LogP contribution in [0.25, 0.3) is 0 Å². The molecule has 0 amide bonds. The van der Waals surface area contributed by atoms with E-state index in [1.54, 1.807) is 7.11 Å². The fraction of sp³-hybridized carbons (Fsp3) is 0.263. The van der Waals surface area contributed by atoms with E-state index in [0.717, 1.165) is 16.6 Å². The minimum Gasteiger partial charge on any atom is -0.497 e. The number of hydrogen-bond donors (Lipinski definition) is 1. The van der Waals surface area contributed by atoms with E-state index in [1.807, 2.05) is 6.07 Å². The third-order valence-corrected chi connectivity index (χ3v) is 5.27. The maximum Gasteiger partial charge on any atom is 0.119 e. The van der Waals surface area contributed by atoms with Crippen LogP contribution < -0.4 is 10.1 Å². The molecule has 3 heteroatoms. The maximum absolute atomic E-state index is 5.40. The quantitative estimate of drug-likeness (QED) is 0.739. The number of allylic oxidation sites excluding steroid dienone is 2. The topological polar surface area (TPSA) is 21.3 Å². The van der Waals surface area contributed by atoms with E-state index in [0.29, 0.717) is 17.9 Å². The fourth-order valence-corrected chi connectivity index (χ4v) is 4.15. The average molecular weight is 356 g/mol. The smallest absolute Gasteiger partial charge is 0.119 e. The van der Waals surface area contributed by atoms with Gasteiger partial charge >= 0.3 is 0 Å². The molecule has 2 unspecified atom stereocenters.